The summed E-state index contributed by atoms with van der Waals surface area (Å²) in [4.78, 5) is 22.5. The van der Waals surface area contributed by atoms with Gasteiger partial charge in [-0.2, -0.15) is 0 Å². The molecule has 1 fully saturated rings. The fourth-order valence-corrected chi connectivity index (χ4v) is 2.55. The van der Waals surface area contributed by atoms with Crippen LogP contribution in [0, 0.1) is 0 Å². The minimum absolute atomic E-state index is 0.132. The molecule has 1 aromatic rings. The lowest BCUT2D eigenvalue weighted by molar-refractivity contribution is -0.118. The Bertz CT molecular complexity index is 516. The van der Waals surface area contributed by atoms with Crippen molar-refractivity contribution in [1.29, 1.82) is 0 Å². The Balaban J connectivity index is 2.29. The summed E-state index contributed by atoms with van der Waals surface area (Å²) in [5.74, 6) is -0.410. The van der Waals surface area contributed by atoms with Crippen LogP contribution >= 0.6 is 11.8 Å². The van der Waals surface area contributed by atoms with Gasteiger partial charge in [0.1, 0.15) is 17.2 Å². The number of hydrogen-bond acceptors (Lipinski definition) is 6. The number of thioether (sulfide) groups is 1. The van der Waals surface area contributed by atoms with Gasteiger partial charge in [0.05, 0.1) is 12.4 Å². The monoisotopic (exact) mass is 269 g/mol. The molecule has 0 aliphatic carbocycles. The summed E-state index contributed by atoms with van der Waals surface area (Å²) in [5.41, 5.74) is 0.387. The van der Waals surface area contributed by atoms with Crippen molar-refractivity contribution >= 4 is 22.9 Å². The molecule has 2 amide bonds. The summed E-state index contributed by atoms with van der Waals surface area (Å²) < 4.78 is 5.03. The van der Waals surface area contributed by atoms with Crippen LogP contribution in [0.2, 0.25) is 0 Å². The fraction of sp³-hybridized carbons (Fsp3) is 0.273. The minimum atomic E-state index is -0.596. The molecule has 6 nitrogen and oxygen atoms in total. The van der Waals surface area contributed by atoms with Gasteiger partial charge in [0.15, 0.2) is 0 Å². The van der Waals surface area contributed by atoms with Gasteiger partial charge in [0.25, 0.3) is 5.24 Å². The van der Waals surface area contributed by atoms with E-state index in [1.54, 1.807) is 0 Å². The Labute approximate surface area is 107 Å². The first-order chi connectivity index (χ1) is 8.51. The molecule has 1 saturated heterocycles. The Morgan fingerprint density at radius 2 is 2.11 bits per heavy atom. The first kappa shape index (κ1) is 12.6. The van der Waals surface area contributed by atoms with E-state index in [1.165, 1.54) is 13.2 Å². The van der Waals surface area contributed by atoms with Crippen LogP contribution in [0.5, 0.6) is 17.2 Å². The zero-order chi connectivity index (χ0) is 13.3. The second-order valence-electron chi connectivity index (χ2n) is 3.73. The topological polar surface area (TPSA) is 95.9 Å². The van der Waals surface area contributed by atoms with E-state index in [0.29, 0.717) is 5.56 Å². The van der Waals surface area contributed by atoms with E-state index in [-0.39, 0.29) is 29.6 Å². The van der Waals surface area contributed by atoms with Gasteiger partial charge in [-0.05, 0) is 0 Å². The number of carbonyl (C=O) groups excluding carboxylic acids is 2. The Kier molecular flexibility index (Phi) is 3.33. The average molecular weight is 269 g/mol. The molecule has 2 rings (SSSR count). The highest BCUT2D eigenvalue weighted by Crippen LogP contribution is 2.36. The normalized spacial score (nSPS) is 18.8. The molecule has 3 N–H and O–H groups in total. The Morgan fingerprint density at radius 1 is 1.39 bits per heavy atom. The van der Waals surface area contributed by atoms with Gasteiger partial charge < -0.3 is 14.9 Å². The Morgan fingerprint density at radius 3 is 2.67 bits per heavy atom. The Hall–Kier alpha value is -1.89. The summed E-state index contributed by atoms with van der Waals surface area (Å²) in [7, 11) is 1.39. The predicted octanol–water partition coefficient (Wildman–Crippen LogP) is 1.00. The van der Waals surface area contributed by atoms with Gasteiger partial charge in [-0.1, -0.05) is 11.8 Å². The van der Waals surface area contributed by atoms with Crippen LogP contribution in [0.25, 0.3) is 0 Å². The molecule has 96 valence electrons. The van der Waals surface area contributed by atoms with Crippen LogP contribution in [-0.4, -0.2) is 33.7 Å². The standard InChI is InChI=1S/C11H11NO5S/c1-17-8-3-5(13)2-7(14)6(8)4-9-10(15)12-11(16)18-9/h2-3,9,13-14H,4H2,1H3,(H,12,15,16). The summed E-state index contributed by atoms with van der Waals surface area (Å²) in [6, 6.07) is 2.51. The van der Waals surface area contributed by atoms with Crippen LogP contribution in [-0.2, 0) is 11.2 Å². The molecule has 0 aromatic heterocycles. The second-order valence-corrected chi connectivity index (χ2v) is 4.91. The van der Waals surface area contributed by atoms with Crippen LogP contribution in [0.3, 0.4) is 0 Å². The predicted molar refractivity (Wildman–Crippen MR) is 64.9 cm³/mol. The first-order valence-corrected chi connectivity index (χ1v) is 5.99. The van der Waals surface area contributed by atoms with E-state index < -0.39 is 10.5 Å². The van der Waals surface area contributed by atoms with E-state index in [4.69, 9.17) is 4.74 Å². The number of methoxy groups -OCH3 is 1. The molecule has 7 heteroatoms. The molecule has 1 heterocycles. The van der Waals surface area contributed by atoms with E-state index in [2.05, 4.69) is 5.32 Å². The number of ether oxygens (including phenoxy) is 1. The molecular formula is C11H11NO5S. The van der Waals surface area contributed by atoms with Gasteiger partial charge in [-0.25, -0.2) is 0 Å². The lowest BCUT2D eigenvalue weighted by Gasteiger charge is -2.12. The number of rotatable bonds is 3. The van der Waals surface area contributed by atoms with Crippen molar-refractivity contribution in [3.8, 4) is 17.2 Å². The van der Waals surface area contributed by atoms with Crippen LogP contribution < -0.4 is 10.1 Å². The van der Waals surface area contributed by atoms with E-state index in [9.17, 15) is 19.8 Å². The summed E-state index contributed by atoms with van der Waals surface area (Å²) in [6.07, 6.45) is 0.150. The van der Waals surface area contributed by atoms with E-state index in [1.807, 2.05) is 0 Å². The highest BCUT2D eigenvalue weighted by molar-refractivity contribution is 8.15. The zero-order valence-electron chi connectivity index (χ0n) is 9.47. The molecule has 1 aliphatic rings. The third-order valence-corrected chi connectivity index (χ3v) is 3.53. The number of hydrogen-bond donors (Lipinski definition) is 3. The van der Waals surface area contributed by atoms with Gasteiger partial charge in [-0.15, -0.1) is 0 Å². The lowest BCUT2D eigenvalue weighted by atomic mass is 10.1. The zero-order valence-corrected chi connectivity index (χ0v) is 10.3. The molecule has 1 aromatic carbocycles. The van der Waals surface area contributed by atoms with E-state index >= 15 is 0 Å². The second kappa shape index (κ2) is 4.77. The third kappa shape index (κ3) is 2.35. The highest BCUT2D eigenvalue weighted by Gasteiger charge is 2.33. The van der Waals surface area contributed by atoms with Crippen molar-refractivity contribution < 1.29 is 24.5 Å². The summed E-state index contributed by atoms with van der Waals surface area (Å²) >= 11 is 0.872. The van der Waals surface area contributed by atoms with Crippen molar-refractivity contribution in [3.05, 3.63) is 17.7 Å². The number of benzene rings is 1. The smallest absolute Gasteiger partial charge is 0.286 e. The summed E-state index contributed by atoms with van der Waals surface area (Å²) in [6.45, 7) is 0. The number of aromatic hydroxyl groups is 2. The van der Waals surface area contributed by atoms with Crippen LogP contribution in [0.4, 0.5) is 4.79 Å². The molecule has 0 bridgehead atoms. The maximum Gasteiger partial charge on any atom is 0.286 e. The maximum absolute atomic E-state index is 11.4. The van der Waals surface area contributed by atoms with Crippen molar-refractivity contribution in [2.24, 2.45) is 0 Å². The number of phenolic OH excluding ortho intramolecular Hbond substituents is 2. The van der Waals surface area contributed by atoms with Crippen LogP contribution in [0.1, 0.15) is 5.56 Å². The SMILES string of the molecule is COc1cc(O)cc(O)c1CC1SC(=O)NC1=O. The summed E-state index contributed by atoms with van der Waals surface area (Å²) in [5, 5.41) is 20.2. The number of phenols is 2. The maximum atomic E-state index is 11.4. The van der Waals surface area contributed by atoms with Crippen molar-refractivity contribution in [1.82, 2.24) is 5.32 Å². The molecule has 0 radical (unpaired) electrons. The quantitative estimate of drug-likeness (QED) is 0.757. The molecular weight excluding hydrogens is 258 g/mol. The van der Waals surface area contributed by atoms with Gasteiger partial charge in [0, 0.05) is 24.1 Å². The molecule has 0 saturated carbocycles. The molecule has 1 atom stereocenters. The number of amides is 2. The van der Waals surface area contributed by atoms with Crippen LogP contribution in [0.15, 0.2) is 12.1 Å². The number of imide groups is 1. The van der Waals surface area contributed by atoms with Gasteiger partial charge in [0.2, 0.25) is 5.91 Å². The highest BCUT2D eigenvalue weighted by atomic mass is 32.2. The fourth-order valence-electron chi connectivity index (χ4n) is 1.72. The minimum Gasteiger partial charge on any atom is -0.508 e. The molecule has 18 heavy (non-hydrogen) atoms. The molecule has 0 spiro atoms. The molecule has 1 aliphatic heterocycles. The van der Waals surface area contributed by atoms with E-state index in [0.717, 1.165) is 17.8 Å². The average Bonchev–Trinajstić information content (AvgIpc) is 2.60. The van der Waals surface area contributed by atoms with Gasteiger partial charge in [-0.3, -0.25) is 14.9 Å². The number of nitrogens with one attached hydrogen (secondary N) is 1. The van der Waals surface area contributed by atoms with Crippen molar-refractivity contribution in [2.45, 2.75) is 11.7 Å². The molecule has 1 unspecified atom stereocenters. The first-order valence-electron chi connectivity index (χ1n) is 5.11. The van der Waals surface area contributed by atoms with Gasteiger partial charge >= 0.3 is 0 Å². The lowest BCUT2D eigenvalue weighted by Crippen LogP contribution is -2.25. The van der Waals surface area contributed by atoms with Crippen molar-refractivity contribution in [2.75, 3.05) is 7.11 Å². The van der Waals surface area contributed by atoms with Crippen molar-refractivity contribution in [3.63, 3.8) is 0 Å². The number of carbonyl (C=O) groups is 2. The largest absolute Gasteiger partial charge is 0.508 e. The third-order valence-electron chi connectivity index (χ3n) is 2.55.